The lowest BCUT2D eigenvalue weighted by molar-refractivity contribution is -0.120. The van der Waals surface area contributed by atoms with E-state index in [1.807, 2.05) is 13.8 Å². The van der Waals surface area contributed by atoms with Crippen molar-refractivity contribution in [2.75, 3.05) is 18.8 Å². The number of hydrogen-bond acceptors (Lipinski definition) is 4. The van der Waals surface area contributed by atoms with Crippen molar-refractivity contribution in [2.24, 2.45) is 0 Å². The van der Waals surface area contributed by atoms with E-state index in [1.165, 1.54) is 0 Å². The molecule has 0 atom stereocenters. The number of carbonyl (C=O) groups is 1. The van der Waals surface area contributed by atoms with Gasteiger partial charge in [0.2, 0.25) is 5.91 Å². The Morgan fingerprint density at radius 1 is 1.24 bits per heavy atom. The third kappa shape index (κ3) is 6.63. The van der Waals surface area contributed by atoms with Gasteiger partial charge in [0.15, 0.2) is 9.84 Å². The average Bonchev–Trinajstić information content (AvgIpc) is 2.09. The van der Waals surface area contributed by atoms with Crippen LogP contribution in [0.25, 0.3) is 0 Å². The van der Waals surface area contributed by atoms with Gasteiger partial charge in [0.1, 0.15) is 0 Å². The fourth-order valence-electron chi connectivity index (χ4n) is 1.09. The lowest BCUT2D eigenvalue weighted by Crippen LogP contribution is -2.40. The maximum Gasteiger partial charge on any atom is 0.234 e. The van der Waals surface area contributed by atoms with Crippen LogP contribution in [0.15, 0.2) is 0 Å². The molecule has 5 nitrogen and oxygen atoms in total. The molecule has 2 N–H and O–H groups in total. The first kappa shape index (κ1) is 16.4. The van der Waals surface area contributed by atoms with Gasteiger partial charge in [-0.05, 0) is 34.6 Å². The third-order valence-electron chi connectivity index (χ3n) is 2.22. The maximum atomic E-state index is 11.7. The zero-order valence-corrected chi connectivity index (χ0v) is 12.1. The predicted octanol–water partition coefficient (Wildman–Crippen LogP) is 0.314. The van der Waals surface area contributed by atoms with Crippen molar-refractivity contribution in [3.05, 3.63) is 0 Å². The van der Waals surface area contributed by atoms with Gasteiger partial charge in [-0.2, -0.15) is 0 Å². The van der Waals surface area contributed by atoms with Crippen molar-refractivity contribution in [2.45, 2.75) is 45.4 Å². The summed E-state index contributed by atoms with van der Waals surface area (Å²) in [6.45, 7) is 9.22. The average molecular weight is 264 g/mol. The Kier molecular flexibility index (Phi) is 6.12. The molecule has 0 aromatic carbocycles. The minimum atomic E-state index is -3.11. The van der Waals surface area contributed by atoms with Crippen molar-refractivity contribution in [1.82, 2.24) is 10.6 Å². The SMILES string of the molecule is CC(C)NC(=O)CNCCS(=O)(=O)C(C)(C)C. The summed E-state index contributed by atoms with van der Waals surface area (Å²) in [6.07, 6.45) is 0. The van der Waals surface area contributed by atoms with Gasteiger partial charge < -0.3 is 10.6 Å². The fraction of sp³-hybridized carbons (Fsp3) is 0.909. The van der Waals surface area contributed by atoms with Crippen LogP contribution in [0.5, 0.6) is 0 Å². The van der Waals surface area contributed by atoms with E-state index in [2.05, 4.69) is 10.6 Å². The van der Waals surface area contributed by atoms with Gasteiger partial charge in [-0.25, -0.2) is 8.42 Å². The van der Waals surface area contributed by atoms with Crippen molar-refractivity contribution in [3.63, 3.8) is 0 Å². The van der Waals surface area contributed by atoms with Gasteiger partial charge >= 0.3 is 0 Å². The highest BCUT2D eigenvalue weighted by Gasteiger charge is 2.28. The number of sulfone groups is 1. The lowest BCUT2D eigenvalue weighted by atomic mass is 10.3. The van der Waals surface area contributed by atoms with Crippen LogP contribution in [-0.2, 0) is 14.6 Å². The molecule has 0 aromatic heterocycles. The summed E-state index contributed by atoms with van der Waals surface area (Å²) in [6, 6.07) is 0.0996. The van der Waals surface area contributed by atoms with E-state index in [1.54, 1.807) is 20.8 Å². The molecular formula is C11H24N2O3S. The van der Waals surface area contributed by atoms with E-state index in [0.717, 1.165) is 0 Å². The summed E-state index contributed by atoms with van der Waals surface area (Å²) in [4.78, 5) is 11.3. The summed E-state index contributed by atoms with van der Waals surface area (Å²) in [5, 5.41) is 5.55. The lowest BCUT2D eigenvalue weighted by Gasteiger charge is -2.19. The summed E-state index contributed by atoms with van der Waals surface area (Å²) in [5.74, 6) is -0.0704. The molecule has 0 unspecified atom stereocenters. The van der Waals surface area contributed by atoms with Crippen molar-refractivity contribution < 1.29 is 13.2 Å². The summed E-state index contributed by atoms with van der Waals surface area (Å²) in [5.41, 5.74) is 0. The van der Waals surface area contributed by atoms with E-state index >= 15 is 0 Å². The molecule has 0 aliphatic heterocycles. The maximum absolute atomic E-state index is 11.7. The zero-order chi connectivity index (χ0) is 13.7. The third-order valence-corrected chi connectivity index (χ3v) is 4.82. The number of carbonyl (C=O) groups excluding carboxylic acids is 1. The van der Waals surface area contributed by atoms with Gasteiger partial charge in [-0.15, -0.1) is 0 Å². The summed E-state index contributed by atoms with van der Waals surface area (Å²) >= 11 is 0. The van der Waals surface area contributed by atoms with E-state index in [4.69, 9.17) is 0 Å². The van der Waals surface area contributed by atoms with Gasteiger partial charge in [-0.3, -0.25) is 4.79 Å². The number of rotatable bonds is 6. The molecule has 0 bridgehead atoms. The molecule has 0 radical (unpaired) electrons. The van der Waals surface area contributed by atoms with Crippen molar-refractivity contribution >= 4 is 15.7 Å². The first-order valence-electron chi connectivity index (χ1n) is 5.78. The van der Waals surface area contributed by atoms with E-state index < -0.39 is 14.6 Å². The van der Waals surface area contributed by atoms with Crippen molar-refractivity contribution in [1.29, 1.82) is 0 Å². The topological polar surface area (TPSA) is 75.3 Å². The second-order valence-electron chi connectivity index (χ2n) is 5.33. The Balaban J connectivity index is 3.91. The normalized spacial score (nSPS) is 12.8. The smallest absolute Gasteiger partial charge is 0.234 e. The molecule has 0 saturated carbocycles. The highest BCUT2D eigenvalue weighted by molar-refractivity contribution is 7.92. The van der Waals surface area contributed by atoms with Crippen LogP contribution in [0.2, 0.25) is 0 Å². The molecule has 17 heavy (non-hydrogen) atoms. The second-order valence-corrected chi connectivity index (χ2v) is 8.19. The van der Waals surface area contributed by atoms with Crippen LogP contribution >= 0.6 is 0 Å². The van der Waals surface area contributed by atoms with Crippen molar-refractivity contribution in [3.8, 4) is 0 Å². The minimum Gasteiger partial charge on any atom is -0.353 e. The Hall–Kier alpha value is -0.620. The number of hydrogen-bond donors (Lipinski definition) is 2. The van der Waals surface area contributed by atoms with Crippen LogP contribution in [0, 0.1) is 0 Å². The van der Waals surface area contributed by atoms with Gasteiger partial charge in [0.05, 0.1) is 17.0 Å². The van der Waals surface area contributed by atoms with Crippen LogP contribution in [-0.4, -0.2) is 44.0 Å². The molecule has 6 heteroatoms. The van der Waals surface area contributed by atoms with Crippen LogP contribution < -0.4 is 10.6 Å². The highest BCUT2D eigenvalue weighted by Crippen LogP contribution is 2.14. The first-order chi connectivity index (χ1) is 7.56. The largest absolute Gasteiger partial charge is 0.353 e. The fourth-order valence-corrected chi connectivity index (χ4v) is 2.11. The van der Waals surface area contributed by atoms with Crippen LogP contribution in [0.4, 0.5) is 0 Å². The van der Waals surface area contributed by atoms with E-state index in [-0.39, 0.29) is 24.2 Å². The molecule has 0 aromatic rings. The van der Waals surface area contributed by atoms with E-state index in [0.29, 0.717) is 6.54 Å². The molecule has 0 heterocycles. The Morgan fingerprint density at radius 3 is 2.18 bits per heavy atom. The highest BCUT2D eigenvalue weighted by atomic mass is 32.2. The molecule has 0 saturated heterocycles. The Morgan fingerprint density at radius 2 is 1.76 bits per heavy atom. The molecule has 0 rings (SSSR count). The Labute approximate surface area is 104 Å². The van der Waals surface area contributed by atoms with Gasteiger partial charge in [-0.1, -0.05) is 0 Å². The van der Waals surface area contributed by atoms with E-state index in [9.17, 15) is 13.2 Å². The monoisotopic (exact) mass is 264 g/mol. The quantitative estimate of drug-likeness (QED) is 0.677. The molecular weight excluding hydrogens is 240 g/mol. The molecule has 1 amide bonds. The predicted molar refractivity (Wildman–Crippen MR) is 69.7 cm³/mol. The zero-order valence-electron chi connectivity index (χ0n) is 11.3. The summed E-state index contributed by atoms with van der Waals surface area (Å²) < 4.78 is 22.7. The summed E-state index contributed by atoms with van der Waals surface area (Å²) in [7, 11) is -3.11. The first-order valence-corrected chi connectivity index (χ1v) is 7.44. The minimum absolute atomic E-state index is 0.0471. The van der Waals surface area contributed by atoms with Gasteiger partial charge in [0, 0.05) is 12.6 Å². The second kappa shape index (κ2) is 6.35. The standard InChI is InChI=1S/C11H24N2O3S/c1-9(2)13-10(14)8-12-6-7-17(15,16)11(3,4)5/h9,12H,6-8H2,1-5H3,(H,13,14). The van der Waals surface area contributed by atoms with Gasteiger partial charge in [0.25, 0.3) is 0 Å². The number of amides is 1. The molecule has 0 aliphatic rings. The Bertz CT molecular complexity index is 342. The van der Waals surface area contributed by atoms with Crippen LogP contribution in [0.3, 0.4) is 0 Å². The molecule has 0 spiro atoms. The molecule has 0 aliphatic carbocycles. The number of nitrogens with one attached hydrogen (secondary N) is 2. The van der Waals surface area contributed by atoms with Crippen LogP contribution in [0.1, 0.15) is 34.6 Å². The molecule has 0 fully saturated rings. The molecule has 102 valence electrons.